The molecule has 2 aromatic carbocycles. The molecule has 39 heavy (non-hydrogen) atoms. The number of aliphatic hydroxyl groups excluding tert-OH is 1. The third-order valence-electron chi connectivity index (χ3n) is 7.96. The SMILES string of the molecule is C[N+]1(CCO)C(=O)Nc2nc(C3CCCCC3)n(Cc3ccc(-c4ccccc4-c4nn[nH]n4)cc3)c2C1=O. The molecule has 0 spiro atoms. The van der Waals surface area contributed by atoms with Gasteiger partial charge in [-0.1, -0.05) is 67.8 Å². The molecule has 2 aliphatic rings. The molecular weight excluding hydrogens is 496 g/mol. The zero-order valence-electron chi connectivity index (χ0n) is 21.8. The number of fused-ring (bicyclic) bond motifs is 1. The predicted molar refractivity (Wildman–Crippen MR) is 144 cm³/mol. The highest BCUT2D eigenvalue weighted by Crippen LogP contribution is 2.37. The molecule has 1 saturated carbocycles. The van der Waals surface area contributed by atoms with Crippen LogP contribution < -0.4 is 5.32 Å². The number of hydrogen-bond donors (Lipinski definition) is 3. The molecule has 1 unspecified atom stereocenters. The van der Waals surface area contributed by atoms with Gasteiger partial charge in [0.05, 0.1) is 13.7 Å². The molecule has 0 radical (unpaired) electrons. The molecule has 1 atom stereocenters. The van der Waals surface area contributed by atoms with Crippen LogP contribution in [0.1, 0.15) is 59.9 Å². The first-order chi connectivity index (χ1) is 19.0. The highest BCUT2D eigenvalue weighted by molar-refractivity contribution is 6.07. The number of tetrazole rings is 1. The van der Waals surface area contributed by atoms with E-state index in [1.807, 2.05) is 53.1 Å². The Balaban J connectivity index is 1.37. The summed E-state index contributed by atoms with van der Waals surface area (Å²) in [4.78, 5) is 31.5. The number of H-pyrrole nitrogens is 1. The number of amides is 3. The van der Waals surface area contributed by atoms with Crippen LogP contribution in [0, 0.1) is 0 Å². The first-order valence-corrected chi connectivity index (χ1v) is 13.3. The number of imidazole rings is 1. The summed E-state index contributed by atoms with van der Waals surface area (Å²) < 4.78 is 1.45. The highest BCUT2D eigenvalue weighted by Gasteiger charge is 2.49. The number of quaternary nitrogens is 1. The minimum absolute atomic E-state index is 0.00251. The minimum Gasteiger partial charge on any atom is -0.390 e. The fraction of sp³-hybridized carbons (Fsp3) is 0.357. The molecule has 4 aromatic rings. The second-order valence-corrected chi connectivity index (χ2v) is 10.4. The van der Waals surface area contributed by atoms with Gasteiger partial charge in [0, 0.05) is 18.0 Å². The first kappa shape index (κ1) is 25.1. The lowest BCUT2D eigenvalue weighted by Gasteiger charge is -2.31. The molecule has 200 valence electrons. The second-order valence-electron chi connectivity index (χ2n) is 10.4. The molecule has 1 aliphatic heterocycles. The number of hydrogen-bond acceptors (Lipinski definition) is 7. The van der Waals surface area contributed by atoms with Gasteiger partial charge >= 0.3 is 11.9 Å². The first-order valence-electron chi connectivity index (χ1n) is 13.3. The van der Waals surface area contributed by atoms with Crippen molar-refractivity contribution < 1.29 is 19.2 Å². The van der Waals surface area contributed by atoms with Crippen molar-refractivity contribution in [2.24, 2.45) is 0 Å². The van der Waals surface area contributed by atoms with E-state index in [2.05, 4.69) is 25.9 Å². The van der Waals surface area contributed by atoms with E-state index in [0.717, 1.165) is 53.8 Å². The zero-order chi connectivity index (χ0) is 27.0. The second kappa shape index (κ2) is 10.2. The Morgan fingerprint density at radius 2 is 1.77 bits per heavy atom. The quantitative estimate of drug-likeness (QED) is 0.309. The lowest BCUT2D eigenvalue weighted by molar-refractivity contribution is -0.744. The lowest BCUT2D eigenvalue weighted by Crippen LogP contribution is -2.60. The van der Waals surface area contributed by atoms with E-state index in [9.17, 15) is 14.7 Å². The van der Waals surface area contributed by atoms with Gasteiger partial charge in [0.25, 0.3) is 0 Å². The van der Waals surface area contributed by atoms with Gasteiger partial charge in [-0.2, -0.15) is 9.70 Å². The summed E-state index contributed by atoms with van der Waals surface area (Å²) >= 11 is 0. The Kier molecular flexibility index (Phi) is 6.53. The Bertz CT molecular complexity index is 1510. The third-order valence-corrected chi connectivity index (χ3v) is 7.96. The number of benzene rings is 2. The Morgan fingerprint density at radius 3 is 2.46 bits per heavy atom. The van der Waals surface area contributed by atoms with E-state index in [4.69, 9.17) is 4.98 Å². The summed E-state index contributed by atoms with van der Waals surface area (Å²) in [5.41, 5.74) is 4.29. The van der Waals surface area contributed by atoms with Crippen molar-refractivity contribution in [2.45, 2.75) is 44.6 Å². The minimum atomic E-state index is -0.537. The predicted octanol–water partition coefficient (Wildman–Crippen LogP) is 3.95. The third kappa shape index (κ3) is 4.43. The van der Waals surface area contributed by atoms with Gasteiger partial charge in [-0.25, -0.2) is 14.6 Å². The molecule has 1 aliphatic carbocycles. The van der Waals surface area contributed by atoms with E-state index in [1.165, 1.54) is 6.42 Å². The maximum absolute atomic E-state index is 13.8. The number of anilines is 1. The van der Waals surface area contributed by atoms with Crippen molar-refractivity contribution in [1.29, 1.82) is 0 Å². The largest absolute Gasteiger partial charge is 0.429 e. The lowest BCUT2D eigenvalue weighted by atomic mass is 9.88. The number of rotatable bonds is 7. The van der Waals surface area contributed by atoms with Crippen LogP contribution in [0.2, 0.25) is 0 Å². The standard InChI is InChI=1S/C28H30N8O3/c1-36(15-16-37)27(38)23-25(30-28(36)39)29-26(20-7-3-2-4-8-20)35(23)17-18-11-13-19(14-12-18)21-9-5-6-10-22(21)24-31-33-34-32-24/h5-6,9-14,20,37H,2-4,7-8,15-17H2,1H3,(H-,30,31,32,33,34,38,39)/p+1. The maximum Gasteiger partial charge on any atom is 0.429 e. The number of likely N-dealkylation sites (N-methyl/N-ethyl adjacent to an activating group) is 1. The van der Waals surface area contributed by atoms with Crippen LogP contribution in [0.5, 0.6) is 0 Å². The van der Waals surface area contributed by atoms with Crippen molar-refractivity contribution in [1.82, 2.24) is 30.2 Å². The molecule has 3 N–H and O–H groups in total. The van der Waals surface area contributed by atoms with Crippen LogP contribution in [0.25, 0.3) is 22.5 Å². The van der Waals surface area contributed by atoms with Gasteiger partial charge in [0.15, 0.2) is 11.5 Å². The van der Waals surface area contributed by atoms with Crippen LogP contribution in [-0.4, -0.2) is 71.9 Å². The number of imide groups is 1. The molecular formula is C28H31N8O3+. The number of aromatic nitrogens is 6. The van der Waals surface area contributed by atoms with E-state index < -0.39 is 10.5 Å². The van der Waals surface area contributed by atoms with Crippen molar-refractivity contribution >= 4 is 17.8 Å². The van der Waals surface area contributed by atoms with Gasteiger partial charge in [-0.05, 0) is 34.7 Å². The number of carbonyl (C=O) groups is 2. The van der Waals surface area contributed by atoms with E-state index >= 15 is 0 Å². The maximum atomic E-state index is 13.8. The summed E-state index contributed by atoms with van der Waals surface area (Å²) in [7, 11) is 1.55. The molecule has 3 amide bonds. The van der Waals surface area contributed by atoms with Crippen LogP contribution in [-0.2, 0) is 6.54 Å². The number of nitrogens with one attached hydrogen (secondary N) is 2. The monoisotopic (exact) mass is 527 g/mol. The molecule has 0 saturated heterocycles. The number of aliphatic hydroxyl groups is 1. The van der Waals surface area contributed by atoms with E-state index in [-0.39, 0.29) is 25.0 Å². The molecule has 1 fully saturated rings. The van der Waals surface area contributed by atoms with Crippen LogP contribution in [0.15, 0.2) is 48.5 Å². The van der Waals surface area contributed by atoms with Crippen LogP contribution in [0.3, 0.4) is 0 Å². The molecule has 2 aromatic heterocycles. The van der Waals surface area contributed by atoms with Crippen LogP contribution >= 0.6 is 0 Å². The fourth-order valence-corrected chi connectivity index (χ4v) is 5.74. The summed E-state index contributed by atoms with van der Waals surface area (Å²) in [6, 6.07) is 15.6. The van der Waals surface area contributed by atoms with Crippen molar-refractivity contribution in [2.75, 3.05) is 25.5 Å². The Morgan fingerprint density at radius 1 is 1.03 bits per heavy atom. The normalized spacial score (nSPS) is 19.6. The summed E-state index contributed by atoms with van der Waals surface area (Å²) in [5, 5.41) is 26.9. The molecule has 6 rings (SSSR count). The molecule has 11 nitrogen and oxygen atoms in total. The average molecular weight is 528 g/mol. The average Bonchev–Trinajstić information content (AvgIpc) is 3.62. The van der Waals surface area contributed by atoms with Crippen molar-refractivity contribution in [3.8, 4) is 22.5 Å². The molecule has 3 heterocycles. The van der Waals surface area contributed by atoms with E-state index in [1.54, 1.807) is 7.05 Å². The topological polar surface area (TPSA) is 139 Å². The Labute approximate surface area is 225 Å². The van der Waals surface area contributed by atoms with Gasteiger partial charge in [-0.15, -0.1) is 10.2 Å². The Hall–Kier alpha value is -4.22. The molecule has 11 heteroatoms. The van der Waals surface area contributed by atoms with E-state index in [0.29, 0.717) is 23.9 Å². The van der Waals surface area contributed by atoms with Gasteiger partial charge in [-0.3, -0.25) is 5.32 Å². The van der Waals surface area contributed by atoms with Gasteiger partial charge in [0.1, 0.15) is 12.4 Å². The van der Waals surface area contributed by atoms with Gasteiger partial charge < -0.3 is 9.67 Å². The highest BCUT2D eigenvalue weighted by atomic mass is 16.3. The molecule has 0 bridgehead atoms. The summed E-state index contributed by atoms with van der Waals surface area (Å²) in [5.74, 6) is 1.58. The summed E-state index contributed by atoms with van der Waals surface area (Å²) in [6.07, 6.45) is 5.45. The number of urea groups is 1. The van der Waals surface area contributed by atoms with Gasteiger partial charge in [0.2, 0.25) is 5.82 Å². The summed E-state index contributed by atoms with van der Waals surface area (Å²) in [6.45, 7) is 0.172. The van der Waals surface area contributed by atoms with Crippen molar-refractivity contribution in [3.63, 3.8) is 0 Å². The van der Waals surface area contributed by atoms with Crippen molar-refractivity contribution in [3.05, 3.63) is 65.6 Å². The number of aromatic amines is 1. The zero-order valence-corrected chi connectivity index (χ0v) is 21.8. The fourth-order valence-electron chi connectivity index (χ4n) is 5.74. The number of nitrogens with zero attached hydrogens (tertiary/aromatic N) is 6. The number of carbonyl (C=O) groups excluding carboxylic acids is 2. The van der Waals surface area contributed by atoms with Crippen LogP contribution in [0.4, 0.5) is 10.6 Å². The smallest absolute Gasteiger partial charge is 0.390 e.